The van der Waals surface area contributed by atoms with Crippen LogP contribution < -0.4 is 26.2 Å². The Morgan fingerprint density at radius 2 is 1.02 bits per heavy atom. The summed E-state index contributed by atoms with van der Waals surface area (Å²) >= 11 is 0. The highest BCUT2D eigenvalue weighted by Crippen LogP contribution is 2.47. The van der Waals surface area contributed by atoms with E-state index in [1.165, 1.54) is 27.8 Å². The molecule has 0 atom stereocenters. The molecule has 43 heavy (non-hydrogen) atoms. The molecule has 200 valence electrons. The molecule has 0 fully saturated rings. The second-order valence-corrected chi connectivity index (χ2v) is 11.3. The molecule has 0 aliphatic carbocycles. The molecule has 2 aliphatic rings. The summed E-state index contributed by atoms with van der Waals surface area (Å²) in [5.41, 5.74) is 12.0. The SMILES string of the molecule is c1ccc(N2c3ccccc3B3c4c2cccc4N(c2ccccc2)c2oc4ccc5oc6ccccc6c5c4c23)cc1. The van der Waals surface area contributed by atoms with E-state index >= 15 is 0 Å². The van der Waals surface area contributed by atoms with Crippen LogP contribution in [-0.2, 0) is 0 Å². The molecule has 0 bridgehead atoms. The van der Waals surface area contributed by atoms with Gasteiger partial charge in [-0.15, -0.1) is 0 Å². The fraction of sp³-hybridized carbons (Fsp3) is 0. The Kier molecular flexibility index (Phi) is 4.50. The Morgan fingerprint density at radius 3 is 1.81 bits per heavy atom. The van der Waals surface area contributed by atoms with Gasteiger partial charge in [0, 0.05) is 50.1 Å². The third-order valence-electron chi connectivity index (χ3n) is 9.05. The average molecular weight is 550 g/mol. The van der Waals surface area contributed by atoms with Crippen LogP contribution in [0.5, 0.6) is 0 Å². The van der Waals surface area contributed by atoms with Crippen molar-refractivity contribution in [1.29, 1.82) is 0 Å². The number of nitrogens with zero attached hydrogens (tertiary/aromatic N) is 2. The van der Waals surface area contributed by atoms with Crippen LogP contribution in [0.25, 0.3) is 32.9 Å². The summed E-state index contributed by atoms with van der Waals surface area (Å²) in [6, 6.07) is 49.1. The molecule has 0 spiro atoms. The summed E-state index contributed by atoms with van der Waals surface area (Å²) in [7, 11) is 0. The fourth-order valence-corrected chi connectivity index (χ4v) is 7.40. The van der Waals surface area contributed by atoms with Crippen LogP contribution in [0.4, 0.5) is 34.3 Å². The van der Waals surface area contributed by atoms with Gasteiger partial charge in [0.2, 0.25) is 5.88 Å². The van der Waals surface area contributed by atoms with Crippen LogP contribution >= 0.6 is 0 Å². The minimum Gasteiger partial charge on any atom is -0.456 e. The van der Waals surface area contributed by atoms with E-state index in [4.69, 9.17) is 8.83 Å². The number of benzene rings is 6. The molecule has 0 radical (unpaired) electrons. The largest absolute Gasteiger partial charge is 0.456 e. The van der Waals surface area contributed by atoms with Crippen molar-refractivity contribution >= 4 is 90.3 Å². The second kappa shape index (κ2) is 8.43. The summed E-state index contributed by atoms with van der Waals surface area (Å²) in [6.45, 7) is -0.0298. The molecule has 10 rings (SSSR count). The summed E-state index contributed by atoms with van der Waals surface area (Å²) in [6.07, 6.45) is 0. The van der Waals surface area contributed by atoms with E-state index in [0.29, 0.717) is 0 Å². The molecule has 4 heterocycles. The van der Waals surface area contributed by atoms with E-state index in [1.54, 1.807) is 0 Å². The minimum atomic E-state index is -0.0298. The highest BCUT2D eigenvalue weighted by Gasteiger charge is 2.46. The first-order valence-electron chi connectivity index (χ1n) is 14.7. The molecule has 5 heteroatoms. The zero-order chi connectivity index (χ0) is 28.1. The van der Waals surface area contributed by atoms with Crippen molar-refractivity contribution < 1.29 is 8.83 Å². The van der Waals surface area contributed by atoms with Crippen LogP contribution in [0, 0.1) is 0 Å². The number of fused-ring (bicyclic) bond motifs is 10. The van der Waals surface area contributed by atoms with Gasteiger partial charge in [-0.3, -0.25) is 4.90 Å². The van der Waals surface area contributed by atoms with Gasteiger partial charge in [0.25, 0.3) is 6.71 Å². The van der Waals surface area contributed by atoms with Gasteiger partial charge < -0.3 is 13.7 Å². The average Bonchev–Trinajstić information content (AvgIpc) is 3.64. The normalized spacial score (nSPS) is 13.4. The van der Waals surface area contributed by atoms with E-state index in [-0.39, 0.29) is 6.71 Å². The molecule has 2 aliphatic heterocycles. The van der Waals surface area contributed by atoms with E-state index in [2.05, 4.69) is 131 Å². The predicted molar refractivity (Wildman–Crippen MR) is 178 cm³/mol. The molecular formula is C38H23BN2O2. The van der Waals surface area contributed by atoms with Gasteiger partial charge in [-0.05, 0) is 71.6 Å². The summed E-state index contributed by atoms with van der Waals surface area (Å²) in [4.78, 5) is 4.71. The molecule has 8 aromatic rings. The van der Waals surface area contributed by atoms with Crippen LogP contribution in [-0.4, -0.2) is 6.71 Å². The van der Waals surface area contributed by atoms with Crippen LogP contribution in [0.15, 0.2) is 148 Å². The van der Waals surface area contributed by atoms with Gasteiger partial charge >= 0.3 is 0 Å². The lowest BCUT2D eigenvalue weighted by Crippen LogP contribution is -2.61. The zero-order valence-electron chi connectivity index (χ0n) is 23.1. The van der Waals surface area contributed by atoms with Gasteiger partial charge in [-0.2, -0.15) is 0 Å². The Bertz CT molecular complexity index is 2380. The van der Waals surface area contributed by atoms with Gasteiger partial charge in [0.15, 0.2) is 0 Å². The first-order chi connectivity index (χ1) is 21.4. The number of anilines is 6. The van der Waals surface area contributed by atoms with Gasteiger partial charge in [0.1, 0.15) is 16.7 Å². The smallest absolute Gasteiger partial charge is 0.257 e. The summed E-state index contributed by atoms with van der Waals surface area (Å²) in [5.74, 6) is 0.858. The number of hydrogen-bond donors (Lipinski definition) is 0. The number of furan rings is 2. The van der Waals surface area contributed by atoms with Crippen molar-refractivity contribution in [3.05, 3.63) is 140 Å². The molecule has 0 saturated carbocycles. The third kappa shape index (κ3) is 3.01. The number of hydrogen-bond acceptors (Lipinski definition) is 4. The van der Waals surface area contributed by atoms with Crippen molar-refractivity contribution in [1.82, 2.24) is 0 Å². The van der Waals surface area contributed by atoms with E-state index in [9.17, 15) is 0 Å². The van der Waals surface area contributed by atoms with Crippen LogP contribution in [0.2, 0.25) is 0 Å². The molecule has 4 nitrogen and oxygen atoms in total. The monoisotopic (exact) mass is 550 g/mol. The molecule has 0 amide bonds. The lowest BCUT2D eigenvalue weighted by atomic mass is 9.33. The Morgan fingerprint density at radius 1 is 0.419 bits per heavy atom. The first kappa shape index (κ1) is 22.9. The van der Waals surface area contributed by atoms with Gasteiger partial charge in [0.05, 0.1) is 0 Å². The van der Waals surface area contributed by atoms with Crippen molar-refractivity contribution in [2.24, 2.45) is 0 Å². The Hall–Kier alpha value is -5.68. The van der Waals surface area contributed by atoms with Crippen molar-refractivity contribution in [2.45, 2.75) is 0 Å². The summed E-state index contributed by atoms with van der Waals surface area (Å²) < 4.78 is 13.3. The lowest BCUT2D eigenvalue weighted by molar-refractivity contribution is 0.622. The number of para-hydroxylation sites is 4. The highest BCUT2D eigenvalue weighted by atomic mass is 16.4. The van der Waals surface area contributed by atoms with E-state index in [0.717, 1.165) is 55.9 Å². The maximum Gasteiger partial charge on any atom is 0.257 e. The van der Waals surface area contributed by atoms with E-state index in [1.807, 2.05) is 18.2 Å². The maximum atomic E-state index is 6.93. The molecule has 2 aromatic heterocycles. The topological polar surface area (TPSA) is 32.8 Å². The maximum absolute atomic E-state index is 6.93. The second-order valence-electron chi connectivity index (χ2n) is 11.3. The van der Waals surface area contributed by atoms with Gasteiger partial charge in [-0.1, -0.05) is 78.9 Å². The predicted octanol–water partition coefficient (Wildman–Crippen LogP) is 8.41. The minimum absolute atomic E-state index is 0.0298. The quantitative estimate of drug-likeness (QED) is 0.202. The zero-order valence-corrected chi connectivity index (χ0v) is 23.1. The lowest BCUT2D eigenvalue weighted by Gasteiger charge is -2.42. The Labute approximate surface area is 248 Å². The first-order valence-corrected chi connectivity index (χ1v) is 14.7. The van der Waals surface area contributed by atoms with Crippen molar-refractivity contribution in [3.63, 3.8) is 0 Å². The van der Waals surface area contributed by atoms with Crippen LogP contribution in [0.3, 0.4) is 0 Å². The van der Waals surface area contributed by atoms with Gasteiger partial charge in [-0.25, -0.2) is 0 Å². The fourth-order valence-electron chi connectivity index (χ4n) is 7.40. The van der Waals surface area contributed by atoms with Crippen LogP contribution in [0.1, 0.15) is 0 Å². The molecule has 6 aromatic carbocycles. The van der Waals surface area contributed by atoms with E-state index < -0.39 is 0 Å². The molecule has 0 unspecified atom stereocenters. The third-order valence-corrected chi connectivity index (χ3v) is 9.05. The standard InChI is InChI=1S/C38H23BN2O2/c1-3-12-24(13-4-1)40-28-18-9-8-17-27(28)39-36-29(40)19-11-20-30(36)41(25-14-5-2-6-15-25)38-37(39)35-33(43-38)23-22-32-34(35)26-16-7-10-21-31(26)42-32/h1-23H. The van der Waals surface area contributed by atoms with Crippen molar-refractivity contribution in [2.75, 3.05) is 9.80 Å². The van der Waals surface area contributed by atoms with Crippen molar-refractivity contribution in [3.8, 4) is 0 Å². The highest BCUT2D eigenvalue weighted by molar-refractivity contribution is 7.01. The summed E-state index contributed by atoms with van der Waals surface area (Å²) in [5, 5.41) is 3.33. The molecule has 0 N–H and O–H groups in total. The number of rotatable bonds is 2. The molecule has 0 saturated heterocycles. The molecular weight excluding hydrogens is 527 g/mol. The Balaban J connectivity index is 1.39.